The number of rotatable bonds is 3. The molecular weight excluding hydrogens is 270 g/mol. The van der Waals surface area contributed by atoms with E-state index in [0.717, 1.165) is 10.6 Å². The van der Waals surface area contributed by atoms with Crippen LogP contribution in [0.4, 0.5) is 0 Å². The number of halogens is 1. The van der Waals surface area contributed by atoms with Crippen LogP contribution >= 0.6 is 34.3 Å². The number of aryl methyl sites for hydroxylation is 3. The van der Waals surface area contributed by atoms with Gasteiger partial charge in [-0.3, -0.25) is 0 Å². The van der Waals surface area contributed by atoms with Gasteiger partial charge in [0.15, 0.2) is 0 Å². The van der Waals surface area contributed by atoms with Gasteiger partial charge >= 0.3 is 0 Å². The molecule has 0 bridgehead atoms. The molecule has 1 nitrogen and oxygen atoms in total. The van der Waals surface area contributed by atoms with E-state index in [0.29, 0.717) is 0 Å². The van der Waals surface area contributed by atoms with Gasteiger partial charge in [0.2, 0.25) is 0 Å². The zero-order valence-electron chi connectivity index (χ0n) is 10.4. The van der Waals surface area contributed by atoms with Crippen LogP contribution in [-0.2, 0) is 0 Å². The molecule has 92 valence electrons. The molecule has 0 aromatic carbocycles. The van der Waals surface area contributed by atoms with Gasteiger partial charge in [-0.05, 0) is 50.4 Å². The summed E-state index contributed by atoms with van der Waals surface area (Å²) in [4.78, 5) is 3.93. The lowest BCUT2D eigenvalue weighted by atomic mass is 10.1. The lowest BCUT2D eigenvalue weighted by Gasteiger charge is -2.15. The van der Waals surface area contributed by atoms with E-state index >= 15 is 0 Å². The molecule has 0 spiro atoms. The topological polar surface area (TPSA) is 12.0 Å². The second-order valence-corrected chi connectivity index (χ2v) is 6.94. The molecular formula is C13H16ClNS2. The lowest BCUT2D eigenvalue weighted by Crippen LogP contribution is -2.17. The fourth-order valence-corrected chi connectivity index (χ4v) is 4.40. The quantitative estimate of drug-likeness (QED) is 0.862. The van der Waals surface area contributed by atoms with Crippen LogP contribution in [0.1, 0.15) is 31.8 Å². The van der Waals surface area contributed by atoms with Gasteiger partial charge in [0.05, 0.1) is 11.1 Å². The smallest absolute Gasteiger partial charge is 0.0694 e. The van der Waals surface area contributed by atoms with E-state index in [-0.39, 0.29) is 6.04 Å². The molecule has 0 fully saturated rings. The Morgan fingerprint density at radius 3 is 2.41 bits per heavy atom. The Hall–Kier alpha value is -0.350. The molecule has 0 aliphatic heterocycles. The predicted octanol–water partition coefficient (Wildman–Crippen LogP) is 4.70. The Bertz CT molecular complexity index is 526. The average molecular weight is 286 g/mol. The van der Waals surface area contributed by atoms with Crippen molar-refractivity contribution in [1.82, 2.24) is 5.32 Å². The van der Waals surface area contributed by atoms with Gasteiger partial charge in [0.1, 0.15) is 0 Å². The summed E-state index contributed by atoms with van der Waals surface area (Å²) in [6.07, 6.45) is 0. The van der Waals surface area contributed by atoms with Gasteiger partial charge in [0, 0.05) is 14.6 Å². The van der Waals surface area contributed by atoms with Gasteiger partial charge in [-0.25, -0.2) is 0 Å². The van der Waals surface area contributed by atoms with Crippen molar-refractivity contribution in [2.75, 3.05) is 7.05 Å². The molecule has 0 saturated heterocycles. The zero-order chi connectivity index (χ0) is 12.6. The molecule has 4 heteroatoms. The number of thiophene rings is 2. The van der Waals surface area contributed by atoms with E-state index in [9.17, 15) is 0 Å². The molecule has 17 heavy (non-hydrogen) atoms. The number of hydrogen-bond acceptors (Lipinski definition) is 3. The average Bonchev–Trinajstić information content (AvgIpc) is 2.77. The summed E-state index contributed by atoms with van der Waals surface area (Å²) in [6, 6.07) is 2.47. The molecule has 2 heterocycles. The van der Waals surface area contributed by atoms with Crippen molar-refractivity contribution in [3.63, 3.8) is 0 Å². The molecule has 0 aliphatic rings. The molecule has 1 N–H and O–H groups in total. The first-order valence-corrected chi connectivity index (χ1v) is 7.59. The van der Waals surface area contributed by atoms with Gasteiger partial charge in [-0.2, -0.15) is 0 Å². The summed E-state index contributed by atoms with van der Waals surface area (Å²) in [7, 11) is 1.99. The van der Waals surface area contributed by atoms with Gasteiger partial charge in [0.25, 0.3) is 0 Å². The van der Waals surface area contributed by atoms with E-state index in [1.807, 2.05) is 18.4 Å². The second-order valence-electron chi connectivity index (χ2n) is 4.19. The van der Waals surface area contributed by atoms with E-state index in [2.05, 4.69) is 37.5 Å². The third kappa shape index (κ3) is 2.43. The van der Waals surface area contributed by atoms with Crippen LogP contribution in [-0.4, -0.2) is 7.05 Å². The van der Waals surface area contributed by atoms with Crippen molar-refractivity contribution in [1.29, 1.82) is 0 Å². The highest BCUT2D eigenvalue weighted by molar-refractivity contribution is 7.12. The SMILES string of the molecule is CNC(c1cc(C)sc1C)c1scc(C)c1Cl. The van der Waals surface area contributed by atoms with Crippen LogP contribution < -0.4 is 5.32 Å². The Labute approximate surface area is 115 Å². The summed E-state index contributed by atoms with van der Waals surface area (Å²) >= 11 is 9.94. The summed E-state index contributed by atoms with van der Waals surface area (Å²) in [6.45, 7) is 6.38. The van der Waals surface area contributed by atoms with Crippen LogP contribution in [0, 0.1) is 20.8 Å². The normalized spacial score (nSPS) is 13.0. The minimum atomic E-state index is 0.214. The number of hydrogen-bond donors (Lipinski definition) is 1. The fraction of sp³-hybridized carbons (Fsp3) is 0.385. The fourth-order valence-electron chi connectivity index (χ4n) is 2.01. The molecule has 1 atom stereocenters. The second kappa shape index (κ2) is 5.11. The van der Waals surface area contributed by atoms with E-state index < -0.39 is 0 Å². The summed E-state index contributed by atoms with van der Waals surface area (Å²) in [5.74, 6) is 0. The van der Waals surface area contributed by atoms with Gasteiger partial charge < -0.3 is 5.32 Å². The van der Waals surface area contributed by atoms with Gasteiger partial charge in [-0.15, -0.1) is 22.7 Å². The lowest BCUT2D eigenvalue weighted by molar-refractivity contribution is 0.702. The molecule has 1 unspecified atom stereocenters. The van der Waals surface area contributed by atoms with Crippen LogP contribution in [0.15, 0.2) is 11.4 Å². The zero-order valence-corrected chi connectivity index (χ0v) is 12.8. The highest BCUT2D eigenvalue weighted by atomic mass is 35.5. The highest BCUT2D eigenvalue weighted by Crippen LogP contribution is 2.38. The monoisotopic (exact) mass is 285 g/mol. The molecule has 2 aromatic rings. The summed E-state index contributed by atoms with van der Waals surface area (Å²) in [5.41, 5.74) is 2.51. The molecule has 2 aromatic heterocycles. The molecule has 0 saturated carbocycles. The maximum absolute atomic E-state index is 6.37. The van der Waals surface area contributed by atoms with E-state index in [1.165, 1.54) is 20.2 Å². The Morgan fingerprint density at radius 2 is 2.00 bits per heavy atom. The Morgan fingerprint density at radius 1 is 1.29 bits per heavy atom. The van der Waals surface area contributed by atoms with E-state index in [4.69, 9.17) is 11.6 Å². The Kier molecular flexibility index (Phi) is 3.93. The molecule has 0 aliphatic carbocycles. The van der Waals surface area contributed by atoms with Crippen LogP contribution in [0.25, 0.3) is 0 Å². The van der Waals surface area contributed by atoms with Crippen LogP contribution in [0.3, 0.4) is 0 Å². The molecule has 2 rings (SSSR count). The minimum Gasteiger partial charge on any atom is -0.309 e. The first-order valence-electron chi connectivity index (χ1n) is 5.52. The van der Waals surface area contributed by atoms with Crippen molar-refractivity contribution in [2.24, 2.45) is 0 Å². The standard InChI is InChI=1S/C13H16ClNS2/c1-7-6-16-13(11(7)14)12(15-4)10-5-8(2)17-9(10)3/h5-6,12,15H,1-4H3. The maximum Gasteiger partial charge on any atom is 0.0694 e. The Balaban J connectivity index is 2.47. The van der Waals surface area contributed by atoms with Crippen LogP contribution in [0.2, 0.25) is 5.02 Å². The van der Waals surface area contributed by atoms with Crippen molar-refractivity contribution in [2.45, 2.75) is 26.8 Å². The van der Waals surface area contributed by atoms with Crippen LogP contribution in [0.5, 0.6) is 0 Å². The molecule has 0 radical (unpaired) electrons. The molecule has 0 amide bonds. The van der Waals surface area contributed by atoms with Crippen molar-refractivity contribution < 1.29 is 0 Å². The largest absolute Gasteiger partial charge is 0.309 e. The van der Waals surface area contributed by atoms with E-state index in [1.54, 1.807) is 11.3 Å². The minimum absolute atomic E-state index is 0.214. The first kappa shape index (κ1) is 13.1. The van der Waals surface area contributed by atoms with Crippen molar-refractivity contribution in [3.8, 4) is 0 Å². The third-order valence-electron chi connectivity index (χ3n) is 2.87. The summed E-state index contributed by atoms with van der Waals surface area (Å²) in [5, 5.41) is 6.40. The maximum atomic E-state index is 6.37. The first-order chi connectivity index (χ1) is 8.04. The highest BCUT2D eigenvalue weighted by Gasteiger charge is 2.21. The third-order valence-corrected chi connectivity index (χ3v) is 5.63. The van der Waals surface area contributed by atoms with Crippen molar-refractivity contribution >= 4 is 34.3 Å². The predicted molar refractivity (Wildman–Crippen MR) is 78.8 cm³/mol. The van der Waals surface area contributed by atoms with Crippen molar-refractivity contribution in [3.05, 3.63) is 42.2 Å². The summed E-state index contributed by atoms with van der Waals surface area (Å²) < 4.78 is 0. The van der Waals surface area contributed by atoms with Gasteiger partial charge in [-0.1, -0.05) is 11.6 Å². The number of nitrogens with one attached hydrogen (secondary N) is 1.